The molecule has 0 saturated carbocycles. The molecular weight excluding hydrogens is 224 g/mol. The van der Waals surface area contributed by atoms with Gasteiger partial charge < -0.3 is 5.32 Å². The molecule has 0 unspecified atom stereocenters. The van der Waals surface area contributed by atoms with Gasteiger partial charge in [-0.05, 0) is 24.3 Å². The third kappa shape index (κ3) is 3.91. The first-order valence-electron chi connectivity index (χ1n) is 5.02. The van der Waals surface area contributed by atoms with Crippen molar-refractivity contribution >= 4 is 15.5 Å². The van der Waals surface area contributed by atoms with E-state index < -0.39 is 9.84 Å². The van der Waals surface area contributed by atoms with E-state index in [1.54, 1.807) is 31.2 Å². The van der Waals surface area contributed by atoms with Gasteiger partial charge in [0.15, 0.2) is 9.84 Å². The van der Waals surface area contributed by atoms with Crippen LogP contribution >= 0.6 is 0 Å². The topological polar surface area (TPSA) is 70.0 Å². The first kappa shape index (κ1) is 12.5. The van der Waals surface area contributed by atoms with Crippen LogP contribution in [0.15, 0.2) is 24.3 Å². The summed E-state index contributed by atoms with van der Waals surface area (Å²) in [4.78, 5) is 0. The molecule has 16 heavy (non-hydrogen) atoms. The van der Waals surface area contributed by atoms with Crippen LogP contribution in [0.4, 0.5) is 5.69 Å². The van der Waals surface area contributed by atoms with E-state index in [1.165, 1.54) is 0 Å². The predicted molar refractivity (Wildman–Crippen MR) is 64.0 cm³/mol. The Kier molecular flexibility index (Phi) is 4.32. The summed E-state index contributed by atoms with van der Waals surface area (Å²) in [6.45, 7) is 2.03. The number of nitriles is 1. The van der Waals surface area contributed by atoms with Crippen LogP contribution < -0.4 is 5.32 Å². The molecule has 0 aliphatic carbocycles. The molecule has 0 atom stereocenters. The van der Waals surface area contributed by atoms with Crippen LogP contribution in [0.25, 0.3) is 0 Å². The second-order valence-electron chi connectivity index (χ2n) is 3.35. The summed E-state index contributed by atoms with van der Waals surface area (Å²) < 4.78 is 22.4. The minimum absolute atomic E-state index is 0.128. The second-order valence-corrected chi connectivity index (χ2v) is 5.83. The third-order valence-corrected chi connectivity index (χ3v) is 3.90. The molecule has 0 amide bonds. The number of nitrogens with zero attached hydrogens (tertiary/aromatic N) is 1. The molecule has 0 spiro atoms. The molecule has 0 aromatic heterocycles. The van der Waals surface area contributed by atoms with Crippen LogP contribution in [0.2, 0.25) is 0 Å². The summed E-state index contributed by atoms with van der Waals surface area (Å²) >= 11 is 0. The van der Waals surface area contributed by atoms with Gasteiger partial charge in [0.25, 0.3) is 0 Å². The maximum absolute atomic E-state index is 11.2. The lowest BCUT2D eigenvalue weighted by Gasteiger charge is -2.05. The van der Waals surface area contributed by atoms with Gasteiger partial charge in [0, 0.05) is 18.0 Å². The molecule has 1 rings (SSSR count). The van der Waals surface area contributed by atoms with Crippen molar-refractivity contribution in [1.82, 2.24) is 0 Å². The third-order valence-electron chi connectivity index (χ3n) is 2.20. The number of hydrogen-bond donors (Lipinski definition) is 1. The second kappa shape index (κ2) is 5.52. The Morgan fingerprint density at radius 1 is 1.31 bits per heavy atom. The molecule has 1 N–H and O–H groups in total. The zero-order chi connectivity index (χ0) is 12.0. The highest BCUT2D eigenvalue weighted by molar-refractivity contribution is 7.91. The fourth-order valence-corrected chi connectivity index (χ4v) is 1.86. The monoisotopic (exact) mass is 238 g/mol. The van der Waals surface area contributed by atoms with Crippen LogP contribution in [0, 0.1) is 11.3 Å². The molecule has 0 fully saturated rings. The first-order chi connectivity index (χ1) is 7.57. The number of benzene rings is 1. The van der Waals surface area contributed by atoms with Gasteiger partial charge in [0.2, 0.25) is 0 Å². The van der Waals surface area contributed by atoms with E-state index in [0.717, 1.165) is 5.69 Å². The molecule has 0 heterocycles. The lowest BCUT2D eigenvalue weighted by atomic mass is 10.2. The molecule has 0 radical (unpaired) electrons. The van der Waals surface area contributed by atoms with Gasteiger partial charge in [-0.1, -0.05) is 6.92 Å². The summed E-state index contributed by atoms with van der Waals surface area (Å²) in [7, 11) is -2.92. The minimum atomic E-state index is -2.92. The first-order valence-corrected chi connectivity index (χ1v) is 6.84. The maximum Gasteiger partial charge on any atom is 0.151 e. The van der Waals surface area contributed by atoms with Gasteiger partial charge in [-0.2, -0.15) is 5.26 Å². The normalized spacial score (nSPS) is 10.8. The Balaban J connectivity index is 2.47. The number of hydrogen-bond acceptors (Lipinski definition) is 4. The van der Waals surface area contributed by atoms with Crippen molar-refractivity contribution in [3.8, 4) is 6.07 Å². The van der Waals surface area contributed by atoms with E-state index in [-0.39, 0.29) is 11.5 Å². The highest BCUT2D eigenvalue weighted by Crippen LogP contribution is 2.08. The Bertz CT molecular complexity index is 472. The zero-order valence-electron chi connectivity index (χ0n) is 9.10. The highest BCUT2D eigenvalue weighted by atomic mass is 32.2. The van der Waals surface area contributed by atoms with Gasteiger partial charge in [0.1, 0.15) is 0 Å². The summed E-state index contributed by atoms with van der Waals surface area (Å²) in [6, 6.07) is 8.92. The van der Waals surface area contributed by atoms with E-state index in [4.69, 9.17) is 5.26 Å². The fraction of sp³-hybridized carbons (Fsp3) is 0.364. The number of rotatable bonds is 5. The van der Waals surface area contributed by atoms with Crippen molar-refractivity contribution in [3.05, 3.63) is 29.8 Å². The minimum Gasteiger partial charge on any atom is -0.384 e. The SMILES string of the molecule is CCS(=O)(=O)CCNc1ccc(C#N)cc1. The zero-order valence-corrected chi connectivity index (χ0v) is 9.92. The summed E-state index contributed by atoms with van der Waals surface area (Å²) in [6.07, 6.45) is 0. The Hall–Kier alpha value is -1.54. The molecule has 0 aliphatic rings. The summed E-state index contributed by atoms with van der Waals surface area (Å²) in [5, 5.41) is 11.6. The number of sulfone groups is 1. The van der Waals surface area contributed by atoms with E-state index in [0.29, 0.717) is 12.1 Å². The lowest BCUT2D eigenvalue weighted by Crippen LogP contribution is -2.17. The standard InChI is InChI=1S/C11H14N2O2S/c1-2-16(14,15)8-7-13-11-5-3-10(9-12)4-6-11/h3-6,13H,2,7-8H2,1H3. The molecule has 1 aromatic rings. The largest absolute Gasteiger partial charge is 0.384 e. The number of anilines is 1. The molecule has 1 aromatic carbocycles. The van der Waals surface area contributed by atoms with E-state index in [9.17, 15) is 8.42 Å². The van der Waals surface area contributed by atoms with Crippen LogP contribution in [-0.2, 0) is 9.84 Å². The number of nitrogens with one attached hydrogen (secondary N) is 1. The van der Waals surface area contributed by atoms with Crippen molar-refractivity contribution in [3.63, 3.8) is 0 Å². The van der Waals surface area contributed by atoms with Crippen molar-refractivity contribution in [2.24, 2.45) is 0 Å². The van der Waals surface area contributed by atoms with E-state index in [1.807, 2.05) is 6.07 Å². The highest BCUT2D eigenvalue weighted by Gasteiger charge is 2.05. The molecule has 5 heteroatoms. The van der Waals surface area contributed by atoms with Crippen molar-refractivity contribution in [2.45, 2.75) is 6.92 Å². The summed E-state index contributed by atoms with van der Waals surface area (Å²) in [5.74, 6) is 0.297. The Labute approximate surface area is 95.8 Å². The van der Waals surface area contributed by atoms with Crippen molar-refractivity contribution in [1.29, 1.82) is 5.26 Å². The van der Waals surface area contributed by atoms with Gasteiger partial charge in [0.05, 0.1) is 17.4 Å². The van der Waals surface area contributed by atoms with Crippen molar-refractivity contribution in [2.75, 3.05) is 23.4 Å². The maximum atomic E-state index is 11.2. The predicted octanol–water partition coefficient (Wildman–Crippen LogP) is 1.40. The molecule has 4 nitrogen and oxygen atoms in total. The van der Waals surface area contributed by atoms with Crippen LogP contribution in [0.3, 0.4) is 0 Å². The fourth-order valence-electron chi connectivity index (χ4n) is 1.16. The summed E-state index contributed by atoms with van der Waals surface area (Å²) in [5.41, 5.74) is 1.41. The molecule has 86 valence electrons. The smallest absolute Gasteiger partial charge is 0.151 e. The average molecular weight is 238 g/mol. The van der Waals surface area contributed by atoms with E-state index in [2.05, 4.69) is 5.32 Å². The van der Waals surface area contributed by atoms with Crippen LogP contribution in [0.5, 0.6) is 0 Å². The van der Waals surface area contributed by atoms with Crippen molar-refractivity contribution < 1.29 is 8.42 Å². The van der Waals surface area contributed by atoms with Gasteiger partial charge in [-0.3, -0.25) is 0 Å². The Morgan fingerprint density at radius 3 is 2.44 bits per heavy atom. The van der Waals surface area contributed by atoms with Gasteiger partial charge >= 0.3 is 0 Å². The lowest BCUT2D eigenvalue weighted by molar-refractivity contribution is 0.597. The van der Waals surface area contributed by atoms with Gasteiger partial charge in [-0.25, -0.2) is 8.42 Å². The van der Waals surface area contributed by atoms with Gasteiger partial charge in [-0.15, -0.1) is 0 Å². The Morgan fingerprint density at radius 2 is 1.94 bits per heavy atom. The molecule has 0 bridgehead atoms. The molecule has 0 aliphatic heterocycles. The van der Waals surface area contributed by atoms with E-state index >= 15 is 0 Å². The van der Waals surface area contributed by atoms with Crippen LogP contribution in [-0.4, -0.2) is 26.5 Å². The molecule has 0 saturated heterocycles. The molecular formula is C11H14N2O2S. The average Bonchev–Trinajstić information content (AvgIpc) is 2.30. The quantitative estimate of drug-likeness (QED) is 0.842. The van der Waals surface area contributed by atoms with Crippen LogP contribution in [0.1, 0.15) is 12.5 Å².